The van der Waals surface area contributed by atoms with Gasteiger partial charge in [0.15, 0.2) is 0 Å². The Bertz CT molecular complexity index is 538. The van der Waals surface area contributed by atoms with Crippen LogP contribution < -0.4 is 0 Å². The summed E-state index contributed by atoms with van der Waals surface area (Å²) in [5, 5.41) is 10.9. The molecule has 0 saturated heterocycles. The van der Waals surface area contributed by atoms with Crippen LogP contribution in [0.25, 0.3) is 10.9 Å². The summed E-state index contributed by atoms with van der Waals surface area (Å²) in [6.45, 7) is 4.04. The summed E-state index contributed by atoms with van der Waals surface area (Å²) < 4.78 is 1.72. The first kappa shape index (κ1) is 11.5. The SMILES string of the molecule is CC[C@H](C)n1cc2c(Cl)nc(Cl)nc2c1O. The molecule has 2 aromatic rings. The highest BCUT2D eigenvalue weighted by molar-refractivity contribution is 6.35. The average molecular weight is 260 g/mol. The molecule has 0 amide bonds. The van der Waals surface area contributed by atoms with Crippen molar-refractivity contribution in [1.29, 1.82) is 0 Å². The molecule has 0 unspecified atom stereocenters. The monoisotopic (exact) mass is 259 g/mol. The van der Waals surface area contributed by atoms with Crippen LogP contribution in [-0.2, 0) is 0 Å². The maximum absolute atomic E-state index is 10.00. The van der Waals surface area contributed by atoms with E-state index < -0.39 is 0 Å². The van der Waals surface area contributed by atoms with E-state index in [1.54, 1.807) is 10.8 Å². The van der Waals surface area contributed by atoms with Crippen LogP contribution in [0.1, 0.15) is 26.3 Å². The molecule has 0 radical (unpaired) electrons. The third kappa shape index (κ3) is 1.72. The van der Waals surface area contributed by atoms with Crippen molar-refractivity contribution in [3.63, 3.8) is 0 Å². The Hall–Kier alpha value is -1.00. The van der Waals surface area contributed by atoms with Crippen molar-refractivity contribution in [2.45, 2.75) is 26.3 Å². The van der Waals surface area contributed by atoms with E-state index in [0.717, 1.165) is 6.42 Å². The molecule has 4 nitrogen and oxygen atoms in total. The van der Waals surface area contributed by atoms with E-state index in [9.17, 15) is 5.11 Å². The maximum atomic E-state index is 10.00. The van der Waals surface area contributed by atoms with Gasteiger partial charge in [-0.3, -0.25) is 0 Å². The van der Waals surface area contributed by atoms with Crippen LogP contribution in [0.3, 0.4) is 0 Å². The molecule has 2 rings (SSSR count). The first-order chi connectivity index (χ1) is 7.54. The Morgan fingerprint density at radius 3 is 2.75 bits per heavy atom. The van der Waals surface area contributed by atoms with Crippen LogP contribution in [0, 0.1) is 0 Å². The Morgan fingerprint density at radius 1 is 1.44 bits per heavy atom. The lowest BCUT2D eigenvalue weighted by Crippen LogP contribution is -2.00. The van der Waals surface area contributed by atoms with Crippen molar-refractivity contribution < 1.29 is 5.11 Å². The molecule has 2 aromatic heterocycles. The molecular weight excluding hydrogens is 249 g/mol. The first-order valence-electron chi connectivity index (χ1n) is 4.97. The van der Waals surface area contributed by atoms with E-state index >= 15 is 0 Å². The fourth-order valence-electron chi connectivity index (χ4n) is 1.56. The quantitative estimate of drug-likeness (QED) is 0.664. The molecule has 2 heterocycles. The summed E-state index contributed by atoms with van der Waals surface area (Å²) in [6, 6.07) is 0.170. The molecule has 0 saturated carbocycles. The van der Waals surface area contributed by atoms with Gasteiger partial charge < -0.3 is 9.67 Å². The zero-order valence-corrected chi connectivity index (χ0v) is 10.4. The average Bonchev–Trinajstić information content (AvgIpc) is 2.56. The van der Waals surface area contributed by atoms with Gasteiger partial charge in [0, 0.05) is 12.2 Å². The molecule has 0 aliphatic heterocycles. The van der Waals surface area contributed by atoms with Crippen molar-refractivity contribution in [2.24, 2.45) is 0 Å². The van der Waals surface area contributed by atoms with Gasteiger partial charge in [0.2, 0.25) is 11.2 Å². The highest BCUT2D eigenvalue weighted by Gasteiger charge is 2.16. The van der Waals surface area contributed by atoms with Gasteiger partial charge in [0.1, 0.15) is 10.7 Å². The zero-order valence-electron chi connectivity index (χ0n) is 8.91. The Labute approximate surface area is 103 Å². The van der Waals surface area contributed by atoms with E-state index in [-0.39, 0.29) is 22.4 Å². The zero-order chi connectivity index (χ0) is 11.9. The van der Waals surface area contributed by atoms with Crippen molar-refractivity contribution in [3.05, 3.63) is 16.6 Å². The van der Waals surface area contributed by atoms with Crippen LogP contribution in [0.5, 0.6) is 5.88 Å². The minimum atomic E-state index is 0.0368. The lowest BCUT2D eigenvalue weighted by Gasteiger charge is -2.11. The summed E-state index contributed by atoms with van der Waals surface area (Å²) in [5.41, 5.74) is 0.394. The largest absolute Gasteiger partial charge is 0.493 e. The summed E-state index contributed by atoms with van der Waals surface area (Å²) >= 11 is 11.6. The van der Waals surface area contributed by atoms with Gasteiger partial charge >= 0.3 is 0 Å². The fourth-order valence-corrected chi connectivity index (χ4v) is 1.99. The molecular formula is C10H11Cl2N3O. The second kappa shape index (κ2) is 4.11. The number of aromatic nitrogens is 3. The van der Waals surface area contributed by atoms with Crippen LogP contribution in [-0.4, -0.2) is 19.6 Å². The summed E-state index contributed by atoms with van der Waals surface area (Å²) in [7, 11) is 0. The van der Waals surface area contributed by atoms with Crippen LogP contribution in [0.4, 0.5) is 0 Å². The van der Waals surface area contributed by atoms with Gasteiger partial charge in [-0.25, -0.2) is 9.97 Å². The van der Waals surface area contributed by atoms with Crippen molar-refractivity contribution in [3.8, 4) is 5.88 Å². The van der Waals surface area contributed by atoms with E-state index in [1.807, 2.05) is 13.8 Å². The molecule has 86 valence electrons. The number of halogens is 2. The predicted molar refractivity (Wildman–Crippen MR) is 64.2 cm³/mol. The minimum absolute atomic E-state index is 0.0368. The Balaban J connectivity index is 2.72. The summed E-state index contributed by atoms with van der Waals surface area (Å²) in [5.74, 6) is 0.0792. The highest BCUT2D eigenvalue weighted by Crippen LogP contribution is 2.33. The molecule has 0 bridgehead atoms. The second-order valence-electron chi connectivity index (χ2n) is 3.66. The number of aromatic hydroxyl groups is 1. The molecule has 0 fully saturated rings. The summed E-state index contributed by atoms with van der Waals surface area (Å²) in [4.78, 5) is 7.81. The van der Waals surface area contributed by atoms with E-state index in [0.29, 0.717) is 10.9 Å². The number of fused-ring (bicyclic) bond motifs is 1. The second-order valence-corrected chi connectivity index (χ2v) is 4.36. The topological polar surface area (TPSA) is 50.9 Å². The molecule has 6 heteroatoms. The number of nitrogens with zero attached hydrogens (tertiary/aromatic N) is 3. The van der Waals surface area contributed by atoms with Gasteiger partial charge in [-0.2, -0.15) is 0 Å². The Kier molecular flexibility index (Phi) is 2.95. The van der Waals surface area contributed by atoms with Gasteiger partial charge in [-0.05, 0) is 24.9 Å². The first-order valence-corrected chi connectivity index (χ1v) is 5.72. The standard InChI is InChI=1S/C10H11Cl2N3O/c1-3-5(2)15-4-6-7(9(15)16)13-10(12)14-8(6)11/h4-5,16H,3H2,1-2H3/t5-/m0/s1. The van der Waals surface area contributed by atoms with Gasteiger partial charge in [-0.15, -0.1) is 0 Å². The van der Waals surface area contributed by atoms with Crippen molar-refractivity contribution in [2.75, 3.05) is 0 Å². The lowest BCUT2D eigenvalue weighted by molar-refractivity contribution is 0.390. The van der Waals surface area contributed by atoms with Crippen molar-refractivity contribution >= 4 is 34.1 Å². The molecule has 16 heavy (non-hydrogen) atoms. The highest BCUT2D eigenvalue weighted by atomic mass is 35.5. The maximum Gasteiger partial charge on any atom is 0.224 e. The van der Waals surface area contributed by atoms with Crippen LogP contribution in [0.15, 0.2) is 6.20 Å². The van der Waals surface area contributed by atoms with Gasteiger partial charge in [0.25, 0.3) is 0 Å². The summed E-state index contributed by atoms with van der Waals surface area (Å²) in [6.07, 6.45) is 2.64. The molecule has 1 N–H and O–H groups in total. The third-order valence-corrected chi connectivity index (χ3v) is 3.12. The molecule has 0 aromatic carbocycles. The molecule has 1 atom stereocenters. The predicted octanol–water partition coefficient (Wildman–Crippen LogP) is 3.41. The number of rotatable bonds is 2. The Morgan fingerprint density at radius 2 is 2.12 bits per heavy atom. The van der Waals surface area contributed by atoms with E-state index in [2.05, 4.69) is 9.97 Å². The molecule has 0 aliphatic rings. The van der Waals surface area contributed by atoms with Crippen molar-refractivity contribution in [1.82, 2.24) is 14.5 Å². The minimum Gasteiger partial charge on any atom is -0.493 e. The van der Waals surface area contributed by atoms with E-state index in [4.69, 9.17) is 23.2 Å². The third-order valence-electron chi connectivity index (χ3n) is 2.66. The van der Waals surface area contributed by atoms with Crippen LogP contribution >= 0.6 is 23.2 Å². The number of hydrogen-bond donors (Lipinski definition) is 1. The number of hydrogen-bond acceptors (Lipinski definition) is 3. The normalized spacial score (nSPS) is 13.2. The van der Waals surface area contributed by atoms with Crippen LogP contribution in [0.2, 0.25) is 10.4 Å². The van der Waals surface area contributed by atoms with Gasteiger partial charge in [0.05, 0.1) is 5.39 Å². The van der Waals surface area contributed by atoms with Gasteiger partial charge in [-0.1, -0.05) is 18.5 Å². The lowest BCUT2D eigenvalue weighted by atomic mass is 10.2. The van der Waals surface area contributed by atoms with E-state index in [1.165, 1.54) is 0 Å². The molecule has 0 aliphatic carbocycles. The fraction of sp³-hybridized carbons (Fsp3) is 0.400. The smallest absolute Gasteiger partial charge is 0.224 e. The molecule has 0 spiro atoms.